The molecule has 1 saturated heterocycles. The second kappa shape index (κ2) is 8.06. The van der Waals surface area contributed by atoms with E-state index in [0.717, 1.165) is 23.2 Å². The lowest BCUT2D eigenvalue weighted by molar-refractivity contribution is -0.274. The van der Waals surface area contributed by atoms with Gasteiger partial charge in [0.25, 0.3) is 0 Å². The average molecular weight is 422 g/mol. The Morgan fingerprint density at radius 3 is 2.57 bits per heavy atom. The van der Waals surface area contributed by atoms with Crippen molar-refractivity contribution in [3.05, 3.63) is 53.6 Å². The number of hydrogen-bond acceptors (Lipinski definition) is 5. The number of methoxy groups -OCH3 is 1. The Balaban J connectivity index is 1.55. The van der Waals surface area contributed by atoms with E-state index < -0.39 is 6.36 Å². The maximum Gasteiger partial charge on any atom is 0.573 e. The van der Waals surface area contributed by atoms with E-state index in [1.54, 1.807) is 24.1 Å². The lowest BCUT2D eigenvalue weighted by Gasteiger charge is -2.32. The third kappa shape index (κ3) is 4.46. The van der Waals surface area contributed by atoms with E-state index in [4.69, 9.17) is 9.47 Å². The molecule has 0 N–H and O–H groups in total. The topological polar surface area (TPSA) is 51.2 Å². The number of halogens is 3. The molecule has 30 heavy (non-hydrogen) atoms. The number of benzene rings is 2. The van der Waals surface area contributed by atoms with Crippen molar-refractivity contribution < 1.29 is 32.2 Å². The molecule has 0 bridgehead atoms. The molecule has 2 heterocycles. The van der Waals surface area contributed by atoms with Crippen LogP contribution in [0.4, 0.5) is 23.7 Å². The highest BCUT2D eigenvalue weighted by atomic mass is 19.4. The van der Waals surface area contributed by atoms with E-state index in [-0.39, 0.29) is 17.9 Å². The summed E-state index contributed by atoms with van der Waals surface area (Å²) in [5.74, 6) is 0.443. The first-order valence-corrected chi connectivity index (χ1v) is 9.52. The lowest BCUT2D eigenvalue weighted by atomic mass is 10.0. The van der Waals surface area contributed by atoms with E-state index in [2.05, 4.69) is 9.64 Å². The van der Waals surface area contributed by atoms with Crippen molar-refractivity contribution in [2.24, 2.45) is 0 Å². The summed E-state index contributed by atoms with van der Waals surface area (Å²) in [4.78, 5) is 16.2. The predicted octanol–water partition coefficient (Wildman–Crippen LogP) is 4.32. The molecule has 1 fully saturated rings. The molecule has 2 aliphatic heterocycles. The number of carbonyl (C=O) groups excluding carboxylic acids is 1. The summed E-state index contributed by atoms with van der Waals surface area (Å²) < 4.78 is 51.6. The van der Waals surface area contributed by atoms with Crippen molar-refractivity contribution in [3.63, 3.8) is 0 Å². The Hall–Kier alpha value is -2.94. The van der Waals surface area contributed by atoms with Crippen molar-refractivity contribution in [1.29, 1.82) is 0 Å². The van der Waals surface area contributed by atoms with Gasteiger partial charge < -0.3 is 14.2 Å². The molecule has 0 aromatic heterocycles. The second-order valence-electron chi connectivity index (χ2n) is 7.29. The number of anilines is 1. The third-order valence-corrected chi connectivity index (χ3v) is 5.24. The summed E-state index contributed by atoms with van der Waals surface area (Å²) in [6, 6.07) is 11.4. The predicted molar refractivity (Wildman–Crippen MR) is 102 cm³/mol. The molecule has 4 rings (SSSR count). The summed E-state index contributed by atoms with van der Waals surface area (Å²) in [5, 5.41) is 0. The molecule has 0 unspecified atom stereocenters. The number of cyclic esters (lactones) is 1. The van der Waals surface area contributed by atoms with Crippen molar-refractivity contribution in [1.82, 2.24) is 4.90 Å². The second-order valence-corrected chi connectivity index (χ2v) is 7.29. The summed E-state index contributed by atoms with van der Waals surface area (Å²) in [5.41, 5.74) is 2.59. The van der Waals surface area contributed by atoms with Gasteiger partial charge in [0.1, 0.15) is 18.1 Å². The maximum atomic E-state index is 12.4. The van der Waals surface area contributed by atoms with Gasteiger partial charge in [-0.1, -0.05) is 12.1 Å². The Morgan fingerprint density at radius 2 is 1.87 bits per heavy atom. The van der Waals surface area contributed by atoms with Gasteiger partial charge in [-0.25, -0.2) is 4.79 Å². The fourth-order valence-electron chi connectivity index (χ4n) is 3.86. The summed E-state index contributed by atoms with van der Waals surface area (Å²) in [7, 11) is 1.58. The Bertz CT molecular complexity index is 917. The van der Waals surface area contributed by atoms with Crippen molar-refractivity contribution >= 4 is 11.8 Å². The number of ether oxygens (including phenoxy) is 3. The van der Waals surface area contributed by atoms with Gasteiger partial charge in [0.2, 0.25) is 0 Å². The minimum absolute atomic E-state index is 0.0602. The van der Waals surface area contributed by atoms with Crippen LogP contribution in [-0.2, 0) is 17.8 Å². The molecular weight excluding hydrogens is 401 g/mol. The van der Waals surface area contributed by atoms with Crippen LogP contribution >= 0.6 is 0 Å². The van der Waals surface area contributed by atoms with E-state index in [1.807, 2.05) is 18.2 Å². The van der Waals surface area contributed by atoms with Crippen molar-refractivity contribution in [2.75, 3.05) is 25.2 Å². The van der Waals surface area contributed by atoms with Crippen molar-refractivity contribution in [2.45, 2.75) is 31.9 Å². The number of rotatable bonds is 4. The minimum Gasteiger partial charge on any atom is -0.497 e. The molecule has 6 nitrogen and oxygen atoms in total. The highest BCUT2D eigenvalue weighted by Crippen LogP contribution is 2.34. The first-order valence-electron chi connectivity index (χ1n) is 9.52. The molecule has 0 saturated carbocycles. The quantitative estimate of drug-likeness (QED) is 0.735. The smallest absolute Gasteiger partial charge is 0.497 e. The molecule has 160 valence electrons. The molecule has 2 aromatic carbocycles. The van der Waals surface area contributed by atoms with E-state index in [1.165, 1.54) is 12.1 Å². The molecule has 9 heteroatoms. The number of amides is 1. The van der Waals surface area contributed by atoms with Crippen LogP contribution < -0.4 is 14.4 Å². The molecule has 2 aromatic rings. The number of fused-ring (bicyclic) bond motifs is 3. The SMILES string of the molecule is COc1ccc2c(c1)CN(Cc1ccc(OC(F)(F)F)cc1)CC[C@H]1COC(=O)N21. The van der Waals surface area contributed by atoms with Crippen LogP contribution in [0.25, 0.3) is 0 Å². The number of carbonyl (C=O) groups is 1. The van der Waals surface area contributed by atoms with Gasteiger partial charge in [0.15, 0.2) is 0 Å². The Morgan fingerprint density at radius 1 is 1.13 bits per heavy atom. The molecule has 1 atom stereocenters. The zero-order chi connectivity index (χ0) is 21.3. The van der Waals surface area contributed by atoms with E-state index >= 15 is 0 Å². The molecule has 2 aliphatic rings. The van der Waals surface area contributed by atoms with Crippen LogP contribution in [-0.4, -0.2) is 43.7 Å². The Labute approximate surface area is 171 Å². The van der Waals surface area contributed by atoms with Gasteiger partial charge in [-0.3, -0.25) is 9.80 Å². The fraction of sp³-hybridized carbons (Fsp3) is 0.381. The third-order valence-electron chi connectivity index (χ3n) is 5.24. The summed E-state index contributed by atoms with van der Waals surface area (Å²) in [6.45, 7) is 2.14. The number of nitrogens with zero attached hydrogens (tertiary/aromatic N) is 2. The summed E-state index contributed by atoms with van der Waals surface area (Å²) in [6.07, 6.45) is -4.33. The first-order chi connectivity index (χ1) is 14.3. The van der Waals surface area contributed by atoms with Crippen LogP contribution in [0.15, 0.2) is 42.5 Å². The van der Waals surface area contributed by atoms with Gasteiger partial charge in [0, 0.05) is 19.6 Å². The van der Waals surface area contributed by atoms with Crippen LogP contribution in [0.2, 0.25) is 0 Å². The molecule has 0 spiro atoms. The van der Waals surface area contributed by atoms with Crippen LogP contribution in [0, 0.1) is 0 Å². The van der Waals surface area contributed by atoms with E-state index in [0.29, 0.717) is 32.0 Å². The highest BCUT2D eigenvalue weighted by Gasteiger charge is 2.37. The average Bonchev–Trinajstić information content (AvgIpc) is 3.04. The van der Waals surface area contributed by atoms with E-state index in [9.17, 15) is 18.0 Å². The fourth-order valence-corrected chi connectivity index (χ4v) is 3.86. The standard InChI is InChI=1S/C21H21F3N2O4/c1-28-18-6-7-19-15(10-18)12-25(9-8-16-13-29-20(27)26(16)19)11-14-2-4-17(5-3-14)30-21(22,23)24/h2-7,10,16H,8-9,11-13H2,1H3/t16-/m0/s1. The molecule has 1 amide bonds. The van der Waals surface area contributed by atoms with Gasteiger partial charge >= 0.3 is 12.5 Å². The largest absolute Gasteiger partial charge is 0.573 e. The van der Waals surface area contributed by atoms with Gasteiger partial charge in [-0.2, -0.15) is 0 Å². The van der Waals surface area contributed by atoms with Gasteiger partial charge in [-0.05, 0) is 47.9 Å². The van der Waals surface area contributed by atoms with Crippen LogP contribution in [0.5, 0.6) is 11.5 Å². The van der Waals surface area contributed by atoms with Crippen LogP contribution in [0.1, 0.15) is 17.5 Å². The van der Waals surface area contributed by atoms with Crippen molar-refractivity contribution in [3.8, 4) is 11.5 Å². The first kappa shape index (κ1) is 20.3. The van der Waals surface area contributed by atoms with Gasteiger partial charge in [0.05, 0.1) is 18.8 Å². The zero-order valence-corrected chi connectivity index (χ0v) is 16.3. The normalized spacial score (nSPS) is 19.4. The van der Waals surface area contributed by atoms with Gasteiger partial charge in [-0.15, -0.1) is 13.2 Å². The molecule has 0 radical (unpaired) electrons. The number of hydrogen-bond donors (Lipinski definition) is 0. The van der Waals surface area contributed by atoms with Crippen LogP contribution in [0.3, 0.4) is 0 Å². The highest BCUT2D eigenvalue weighted by molar-refractivity contribution is 5.91. The zero-order valence-electron chi connectivity index (χ0n) is 16.3. The molecule has 0 aliphatic carbocycles. The minimum atomic E-state index is -4.71. The molecular formula is C21H21F3N2O4. The maximum absolute atomic E-state index is 12.4. The Kier molecular flexibility index (Phi) is 5.46. The summed E-state index contributed by atoms with van der Waals surface area (Å²) >= 11 is 0. The monoisotopic (exact) mass is 422 g/mol. The lowest BCUT2D eigenvalue weighted by Crippen LogP contribution is -2.40. The number of alkyl halides is 3.